The summed E-state index contributed by atoms with van der Waals surface area (Å²) in [6.07, 6.45) is 68.9. The van der Waals surface area contributed by atoms with Crippen molar-refractivity contribution < 1.29 is 24.2 Å². The summed E-state index contributed by atoms with van der Waals surface area (Å²) in [6.45, 7) is 3.98. The van der Waals surface area contributed by atoms with E-state index in [1.54, 1.807) is 0 Å². The third-order valence-electron chi connectivity index (χ3n) is 9.58. The van der Waals surface area contributed by atoms with Crippen molar-refractivity contribution in [2.45, 2.75) is 200 Å². The van der Waals surface area contributed by atoms with Crippen molar-refractivity contribution in [3.63, 3.8) is 0 Å². The van der Waals surface area contributed by atoms with E-state index in [-0.39, 0.29) is 25.2 Å². The normalized spacial score (nSPS) is 13.2. The quantitative estimate of drug-likeness (QED) is 0.0379. The second kappa shape index (κ2) is 47.9. The van der Waals surface area contributed by atoms with E-state index in [4.69, 9.17) is 9.47 Å². The molecule has 5 nitrogen and oxygen atoms in total. The zero-order chi connectivity index (χ0) is 42.1. The van der Waals surface area contributed by atoms with Crippen LogP contribution in [0.25, 0.3) is 0 Å². The number of unbranched alkanes of at least 4 members (excludes halogenated alkanes) is 15. The topological polar surface area (TPSA) is 72.8 Å². The molecule has 58 heavy (non-hydrogen) atoms. The Morgan fingerprint density at radius 2 is 0.741 bits per heavy atom. The van der Waals surface area contributed by atoms with Crippen molar-refractivity contribution in [1.29, 1.82) is 0 Å². The Bertz CT molecular complexity index is 1180. The van der Waals surface area contributed by atoms with Crippen LogP contribution in [-0.4, -0.2) is 36.4 Å². The van der Waals surface area contributed by atoms with Gasteiger partial charge in [-0.1, -0.05) is 207 Å². The summed E-state index contributed by atoms with van der Waals surface area (Å²) in [5.41, 5.74) is 0. The van der Waals surface area contributed by atoms with Crippen molar-refractivity contribution in [2.75, 3.05) is 13.2 Å². The van der Waals surface area contributed by atoms with Gasteiger partial charge in [0.1, 0.15) is 6.61 Å². The molecule has 0 radical (unpaired) electrons. The highest BCUT2D eigenvalue weighted by Crippen LogP contribution is 2.13. The molecule has 0 aromatic carbocycles. The zero-order valence-electron chi connectivity index (χ0n) is 37.3. The van der Waals surface area contributed by atoms with Crippen molar-refractivity contribution in [3.05, 3.63) is 109 Å². The molecule has 0 amide bonds. The van der Waals surface area contributed by atoms with Gasteiger partial charge in [0.15, 0.2) is 6.10 Å². The fourth-order valence-corrected chi connectivity index (χ4v) is 6.07. The number of hydrogen-bond donors (Lipinski definition) is 1. The fraction of sp³-hybridized carbons (Fsp3) is 0.623. The van der Waals surface area contributed by atoms with Gasteiger partial charge >= 0.3 is 11.9 Å². The maximum atomic E-state index is 12.2. The first-order valence-electron chi connectivity index (χ1n) is 23.4. The summed E-state index contributed by atoms with van der Waals surface area (Å²) in [5.74, 6) is -0.613. The average Bonchev–Trinajstić information content (AvgIpc) is 3.23. The standard InChI is InChI=1S/C53H86O5/c1-3-5-7-9-11-13-14-15-16-17-18-19-20-21-22-23-24-25-26-27-28-29-30-31-32-33-34-35-36-37-38-40-42-44-46-48-53(56)58-51(49-54)50-57-52(55)47-45-43-41-39-12-10-8-6-4-2/h5,7,11,13,15-16,18-19,21-22,24-25,27-28,30-31,33-34,51,54H,3-4,6,8-10,12,14,17,20,23,26,29,32,35-50H2,1-2H3/b7-5-,13-11-,16-15-,19-18-,22-21-,25-24-,28-27-,31-30-,34-33-. The number of rotatable bonds is 41. The van der Waals surface area contributed by atoms with Gasteiger partial charge in [0.2, 0.25) is 0 Å². The third-order valence-corrected chi connectivity index (χ3v) is 9.58. The zero-order valence-corrected chi connectivity index (χ0v) is 37.3. The van der Waals surface area contributed by atoms with Crippen molar-refractivity contribution in [3.8, 4) is 0 Å². The number of hydrogen-bond acceptors (Lipinski definition) is 5. The Hall–Kier alpha value is -3.44. The SMILES string of the molecule is CC/C=C\C/C=C\C/C=C\C/C=C\C/C=C\C/C=C\C/C=C\C/C=C\C/C=C\CCCCCCCCCC(=O)OC(CO)COC(=O)CCCCCCCCCCC. The van der Waals surface area contributed by atoms with E-state index in [0.29, 0.717) is 12.8 Å². The number of ether oxygens (including phenoxy) is 2. The number of aliphatic hydroxyl groups is 1. The largest absolute Gasteiger partial charge is 0.462 e. The minimum atomic E-state index is -0.781. The van der Waals surface area contributed by atoms with Crippen LogP contribution in [0.5, 0.6) is 0 Å². The molecule has 0 aliphatic carbocycles. The van der Waals surface area contributed by atoms with Gasteiger partial charge < -0.3 is 14.6 Å². The van der Waals surface area contributed by atoms with E-state index in [9.17, 15) is 14.7 Å². The molecule has 0 saturated carbocycles. The predicted molar refractivity (Wildman–Crippen MR) is 251 cm³/mol. The molecule has 0 fully saturated rings. The predicted octanol–water partition coefficient (Wildman–Crippen LogP) is 15.4. The van der Waals surface area contributed by atoms with E-state index in [1.165, 1.54) is 64.2 Å². The summed E-state index contributed by atoms with van der Waals surface area (Å²) in [4.78, 5) is 24.2. The van der Waals surface area contributed by atoms with Crippen LogP contribution in [0.1, 0.15) is 194 Å². The molecule has 0 heterocycles. The van der Waals surface area contributed by atoms with E-state index in [2.05, 4.69) is 123 Å². The molecular formula is C53H86O5. The van der Waals surface area contributed by atoms with E-state index >= 15 is 0 Å². The minimum absolute atomic E-state index is 0.0746. The smallest absolute Gasteiger partial charge is 0.306 e. The molecule has 0 spiro atoms. The van der Waals surface area contributed by atoms with Gasteiger partial charge in [-0.25, -0.2) is 0 Å². The highest BCUT2D eigenvalue weighted by Gasteiger charge is 2.16. The van der Waals surface area contributed by atoms with Crippen LogP contribution in [0, 0.1) is 0 Å². The number of carbonyl (C=O) groups is 2. The summed E-state index contributed by atoms with van der Waals surface area (Å²) in [6, 6.07) is 0. The summed E-state index contributed by atoms with van der Waals surface area (Å²) in [7, 11) is 0. The Labute approximate surface area is 357 Å². The van der Waals surface area contributed by atoms with Crippen LogP contribution in [0.15, 0.2) is 109 Å². The lowest BCUT2D eigenvalue weighted by Gasteiger charge is -2.15. The molecule has 0 aromatic heterocycles. The van der Waals surface area contributed by atoms with Gasteiger partial charge in [-0.05, 0) is 83.5 Å². The average molecular weight is 803 g/mol. The molecule has 0 aromatic rings. The highest BCUT2D eigenvalue weighted by atomic mass is 16.6. The lowest BCUT2D eigenvalue weighted by molar-refractivity contribution is -0.161. The highest BCUT2D eigenvalue weighted by molar-refractivity contribution is 5.70. The van der Waals surface area contributed by atoms with E-state index < -0.39 is 6.10 Å². The van der Waals surface area contributed by atoms with Gasteiger partial charge in [0, 0.05) is 12.8 Å². The number of allylic oxidation sites excluding steroid dienone is 18. The van der Waals surface area contributed by atoms with Gasteiger partial charge in [0.25, 0.3) is 0 Å². The van der Waals surface area contributed by atoms with Gasteiger partial charge in [-0.3, -0.25) is 9.59 Å². The monoisotopic (exact) mass is 803 g/mol. The van der Waals surface area contributed by atoms with Crippen LogP contribution >= 0.6 is 0 Å². The first kappa shape index (κ1) is 54.6. The second-order valence-corrected chi connectivity index (χ2v) is 15.1. The molecule has 0 aliphatic heterocycles. The Morgan fingerprint density at radius 3 is 1.12 bits per heavy atom. The maximum absolute atomic E-state index is 12.2. The molecule has 0 bridgehead atoms. The summed E-state index contributed by atoms with van der Waals surface area (Å²) < 4.78 is 10.6. The lowest BCUT2D eigenvalue weighted by Crippen LogP contribution is -2.28. The van der Waals surface area contributed by atoms with E-state index in [1.807, 2.05) is 0 Å². The Balaban J connectivity index is 3.62. The van der Waals surface area contributed by atoms with Crippen molar-refractivity contribution >= 4 is 11.9 Å². The molecule has 1 unspecified atom stereocenters. The number of aliphatic hydroxyl groups excluding tert-OH is 1. The molecule has 328 valence electrons. The Morgan fingerprint density at radius 1 is 0.414 bits per heavy atom. The second-order valence-electron chi connectivity index (χ2n) is 15.1. The van der Waals surface area contributed by atoms with Crippen molar-refractivity contribution in [1.82, 2.24) is 0 Å². The molecule has 1 atom stereocenters. The molecular weight excluding hydrogens is 717 g/mol. The summed E-state index contributed by atoms with van der Waals surface area (Å²) in [5, 5.41) is 9.55. The van der Waals surface area contributed by atoms with Crippen LogP contribution < -0.4 is 0 Å². The molecule has 1 N–H and O–H groups in total. The molecule has 0 rings (SSSR count). The van der Waals surface area contributed by atoms with Gasteiger partial charge in [-0.15, -0.1) is 0 Å². The lowest BCUT2D eigenvalue weighted by atomic mass is 10.1. The summed E-state index contributed by atoms with van der Waals surface area (Å²) >= 11 is 0. The molecule has 0 aliphatic rings. The fourth-order valence-electron chi connectivity index (χ4n) is 6.07. The van der Waals surface area contributed by atoms with Crippen LogP contribution in [-0.2, 0) is 19.1 Å². The third kappa shape index (κ3) is 45.3. The van der Waals surface area contributed by atoms with Crippen LogP contribution in [0.2, 0.25) is 0 Å². The maximum Gasteiger partial charge on any atom is 0.306 e. The van der Waals surface area contributed by atoms with E-state index in [0.717, 1.165) is 103 Å². The minimum Gasteiger partial charge on any atom is -0.462 e. The van der Waals surface area contributed by atoms with Gasteiger partial charge in [0.05, 0.1) is 6.61 Å². The van der Waals surface area contributed by atoms with Crippen LogP contribution in [0.4, 0.5) is 0 Å². The van der Waals surface area contributed by atoms with Crippen LogP contribution in [0.3, 0.4) is 0 Å². The molecule has 5 heteroatoms. The van der Waals surface area contributed by atoms with Gasteiger partial charge in [-0.2, -0.15) is 0 Å². The number of esters is 2. The first-order chi connectivity index (χ1) is 28.6. The Kier molecular flexibility index (Phi) is 45.1. The van der Waals surface area contributed by atoms with Crippen molar-refractivity contribution in [2.24, 2.45) is 0 Å². The molecule has 0 saturated heterocycles. The first-order valence-corrected chi connectivity index (χ1v) is 23.4. The number of carbonyl (C=O) groups excluding carboxylic acids is 2.